The molecule has 0 aliphatic heterocycles. The van der Waals surface area contributed by atoms with Crippen LogP contribution in [-0.2, 0) is 5.33 Å². The second-order valence-corrected chi connectivity index (χ2v) is 5.22. The standard InChI is InChI=1S/C16H11BrN2O2/c17-10-11-7-13-4-2-6-18-16(13)15(8-11)12-3-1-5-14(9-12)19(20)21/h1-9H,10H2. The van der Waals surface area contributed by atoms with Crippen molar-refractivity contribution in [1.82, 2.24) is 4.98 Å². The molecular weight excluding hydrogens is 332 g/mol. The van der Waals surface area contributed by atoms with Crippen LogP contribution in [0.25, 0.3) is 22.0 Å². The number of fused-ring (bicyclic) bond motifs is 1. The minimum atomic E-state index is -0.381. The van der Waals surface area contributed by atoms with Gasteiger partial charge in [-0.3, -0.25) is 15.1 Å². The Bertz CT molecular complexity index is 833. The molecule has 0 atom stereocenters. The summed E-state index contributed by atoms with van der Waals surface area (Å²) in [6.45, 7) is 0. The van der Waals surface area contributed by atoms with Crippen LogP contribution in [0.1, 0.15) is 5.56 Å². The highest BCUT2D eigenvalue weighted by Gasteiger charge is 2.11. The predicted molar refractivity (Wildman–Crippen MR) is 86.5 cm³/mol. The predicted octanol–water partition coefficient (Wildman–Crippen LogP) is 4.70. The molecule has 0 aliphatic carbocycles. The summed E-state index contributed by atoms with van der Waals surface area (Å²) in [5.74, 6) is 0. The van der Waals surface area contributed by atoms with Gasteiger partial charge in [-0.2, -0.15) is 0 Å². The van der Waals surface area contributed by atoms with E-state index in [9.17, 15) is 10.1 Å². The highest BCUT2D eigenvalue weighted by Crippen LogP contribution is 2.31. The maximum absolute atomic E-state index is 11.0. The number of benzene rings is 2. The van der Waals surface area contributed by atoms with Crippen molar-refractivity contribution in [3.8, 4) is 11.1 Å². The van der Waals surface area contributed by atoms with Gasteiger partial charge in [0.1, 0.15) is 0 Å². The van der Waals surface area contributed by atoms with Crippen LogP contribution in [-0.4, -0.2) is 9.91 Å². The second kappa shape index (κ2) is 5.61. The van der Waals surface area contributed by atoms with Gasteiger partial charge in [0.2, 0.25) is 0 Å². The van der Waals surface area contributed by atoms with Gasteiger partial charge in [0.25, 0.3) is 5.69 Å². The lowest BCUT2D eigenvalue weighted by Gasteiger charge is -2.08. The molecule has 0 N–H and O–H groups in total. The summed E-state index contributed by atoms with van der Waals surface area (Å²) >= 11 is 3.46. The number of pyridine rings is 1. The quantitative estimate of drug-likeness (QED) is 0.393. The van der Waals surface area contributed by atoms with Gasteiger partial charge in [-0.15, -0.1) is 0 Å². The third kappa shape index (κ3) is 2.64. The molecular formula is C16H11BrN2O2. The fourth-order valence-corrected chi connectivity index (χ4v) is 2.66. The molecule has 0 amide bonds. The average Bonchev–Trinajstić information content (AvgIpc) is 2.53. The topological polar surface area (TPSA) is 56.0 Å². The molecule has 1 aromatic heterocycles. The summed E-state index contributed by atoms with van der Waals surface area (Å²) in [6, 6.07) is 14.6. The zero-order valence-electron chi connectivity index (χ0n) is 11.0. The van der Waals surface area contributed by atoms with E-state index in [2.05, 4.69) is 27.0 Å². The van der Waals surface area contributed by atoms with Gasteiger partial charge >= 0.3 is 0 Å². The molecule has 3 rings (SSSR count). The Hall–Kier alpha value is -2.27. The van der Waals surface area contributed by atoms with Crippen LogP contribution in [0.15, 0.2) is 54.7 Å². The molecule has 0 saturated heterocycles. The van der Waals surface area contributed by atoms with Crippen LogP contribution in [0.3, 0.4) is 0 Å². The highest BCUT2D eigenvalue weighted by molar-refractivity contribution is 9.08. The summed E-state index contributed by atoms with van der Waals surface area (Å²) < 4.78 is 0. The molecule has 0 fully saturated rings. The molecule has 0 radical (unpaired) electrons. The molecule has 0 aliphatic rings. The minimum Gasteiger partial charge on any atom is -0.258 e. The molecule has 2 aromatic carbocycles. The molecule has 0 bridgehead atoms. The van der Waals surface area contributed by atoms with Crippen molar-refractivity contribution in [2.75, 3.05) is 0 Å². The highest BCUT2D eigenvalue weighted by atomic mass is 79.9. The zero-order chi connectivity index (χ0) is 14.8. The number of hydrogen-bond acceptors (Lipinski definition) is 3. The zero-order valence-corrected chi connectivity index (χ0v) is 12.6. The van der Waals surface area contributed by atoms with Gasteiger partial charge in [0.15, 0.2) is 0 Å². The van der Waals surface area contributed by atoms with Crippen molar-refractivity contribution in [1.29, 1.82) is 0 Å². The van der Waals surface area contributed by atoms with Gasteiger partial charge in [-0.25, -0.2) is 0 Å². The molecule has 0 spiro atoms. The van der Waals surface area contributed by atoms with Gasteiger partial charge in [0.05, 0.1) is 10.4 Å². The van der Waals surface area contributed by atoms with E-state index in [4.69, 9.17) is 0 Å². The Morgan fingerprint density at radius 3 is 2.76 bits per heavy atom. The SMILES string of the molecule is O=[N+]([O-])c1cccc(-c2cc(CBr)cc3cccnc23)c1. The van der Waals surface area contributed by atoms with Crippen LogP contribution in [0, 0.1) is 10.1 Å². The van der Waals surface area contributed by atoms with Crippen molar-refractivity contribution in [2.45, 2.75) is 5.33 Å². The van der Waals surface area contributed by atoms with Crippen molar-refractivity contribution >= 4 is 32.5 Å². The summed E-state index contributed by atoms with van der Waals surface area (Å²) in [7, 11) is 0. The number of halogens is 1. The molecule has 1 heterocycles. The van der Waals surface area contributed by atoms with Crippen LogP contribution >= 0.6 is 15.9 Å². The fourth-order valence-electron chi connectivity index (χ4n) is 2.34. The van der Waals surface area contributed by atoms with E-state index in [1.165, 1.54) is 6.07 Å². The smallest absolute Gasteiger partial charge is 0.258 e. The number of aromatic nitrogens is 1. The molecule has 0 saturated carbocycles. The third-order valence-corrected chi connectivity index (χ3v) is 3.93. The first-order valence-corrected chi connectivity index (χ1v) is 7.49. The summed E-state index contributed by atoms with van der Waals surface area (Å²) in [4.78, 5) is 15.0. The van der Waals surface area contributed by atoms with Crippen molar-refractivity contribution in [3.63, 3.8) is 0 Å². The van der Waals surface area contributed by atoms with Crippen molar-refractivity contribution in [2.24, 2.45) is 0 Å². The number of hydrogen-bond donors (Lipinski definition) is 0. The monoisotopic (exact) mass is 342 g/mol. The first kappa shape index (κ1) is 13.7. The summed E-state index contributed by atoms with van der Waals surface area (Å²) in [6.07, 6.45) is 1.73. The summed E-state index contributed by atoms with van der Waals surface area (Å²) in [5.41, 5.74) is 3.75. The van der Waals surface area contributed by atoms with Gasteiger partial charge in [-0.05, 0) is 29.3 Å². The lowest BCUT2D eigenvalue weighted by molar-refractivity contribution is -0.384. The normalized spacial score (nSPS) is 10.7. The van der Waals surface area contributed by atoms with Gasteiger partial charge < -0.3 is 0 Å². The number of nitrogens with zero attached hydrogens (tertiary/aromatic N) is 2. The van der Waals surface area contributed by atoms with E-state index in [1.807, 2.05) is 24.3 Å². The van der Waals surface area contributed by atoms with Crippen molar-refractivity contribution < 1.29 is 4.92 Å². The van der Waals surface area contributed by atoms with Crippen molar-refractivity contribution in [3.05, 3.63) is 70.4 Å². The summed E-state index contributed by atoms with van der Waals surface area (Å²) in [5, 5.41) is 12.7. The molecule has 0 unspecified atom stereocenters. The molecule has 104 valence electrons. The van der Waals surface area contributed by atoms with E-state index in [0.29, 0.717) is 0 Å². The number of nitro groups is 1. The Morgan fingerprint density at radius 1 is 1.14 bits per heavy atom. The van der Waals surface area contributed by atoms with Crippen LogP contribution in [0.5, 0.6) is 0 Å². The maximum Gasteiger partial charge on any atom is 0.270 e. The molecule has 3 aromatic rings. The minimum absolute atomic E-state index is 0.0841. The maximum atomic E-state index is 11.0. The fraction of sp³-hybridized carbons (Fsp3) is 0.0625. The third-order valence-electron chi connectivity index (χ3n) is 3.29. The van der Waals surface area contributed by atoms with E-state index in [0.717, 1.165) is 32.9 Å². The van der Waals surface area contributed by atoms with Gasteiger partial charge in [0, 0.05) is 34.6 Å². The number of non-ortho nitro benzene ring substituents is 1. The second-order valence-electron chi connectivity index (χ2n) is 4.66. The van der Waals surface area contributed by atoms with Crippen LogP contribution in [0.2, 0.25) is 0 Å². The van der Waals surface area contributed by atoms with Crippen LogP contribution in [0.4, 0.5) is 5.69 Å². The Kier molecular flexibility index (Phi) is 3.66. The first-order chi connectivity index (χ1) is 10.2. The van der Waals surface area contributed by atoms with E-state index in [-0.39, 0.29) is 10.6 Å². The first-order valence-electron chi connectivity index (χ1n) is 6.37. The van der Waals surface area contributed by atoms with Crippen LogP contribution < -0.4 is 0 Å². The molecule has 21 heavy (non-hydrogen) atoms. The van der Waals surface area contributed by atoms with Gasteiger partial charge in [-0.1, -0.05) is 34.1 Å². The Morgan fingerprint density at radius 2 is 2.00 bits per heavy atom. The van der Waals surface area contributed by atoms with E-state index in [1.54, 1.807) is 18.3 Å². The lowest BCUT2D eigenvalue weighted by atomic mass is 9.99. The number of rotatable bonds is 3. The Labute approximate surface area is 129 Å². The Balaban J connectivity index is 2.28. The largest absolute Gasteiger partial charge is 0.270 e. The lowest BCUT2D eigenvalue weighted by Crippen LogP contribution is -1.91. The molecule has 5 heteroatoms. The molecule has 4 nitrogen and oxygen atoms in total. The van der Waals surface area contributed by atoms with E-state index >= 15 is 0 Å². The van der Waals surface area contributed by atoms with E-state index < -0.39 is 0 Å². The average molecular weight is 343 g/mol. The number of nitro benzene ring substituents is 1. The number of alkyl halides is 1.